The molecule has 0 aliphatic carbocycles. The van der Waals surface area contributed by atoms with Crippen molar-refractivity contribution in [2.75, 3.05) is 6.54 Å². The molecule has 0 radical (unpaired) electrons. The van der Waals surface area contributed by atoms with Crippen LogP contribution >= 0.6 is 27.7 Å². The zero-order valence-corrected chi connectivity index (χ0v) is 10.2. The lowest BCUT2D eigenvalue weighted by Gasteiger charge is -2.11. The smallest absolute Gasteiger partial charge is 0.143 e. The number of thioether (sulfide) groups is 1. The third-order valence-electron chi connectivity index (χ3n) is 2.22. The molecule has 0 saturated carbocycles. The molecule has 1 aromatic rings. The van der Waals surface area contributed by atoms with E-state index in [9.17, 15) is 4.39 Å². The molecule has 1 aliphatic rings. The Balaban J connectivity index is 2.28. The van der Waals surface area contributed by atoms with Gasteiger partial charge in [0.25, 0.3) is 0 Å². The highest BCUT2D eigenvalue weighted by molar-refractivity contribution is 9.10. The number of nitrogens with one attached hydrogen (secondary N) is 1. The number of halogens is 2. The summed E-state index contributed by atoms with van der Waals surface area (Å²) in [6.07, 6.45) is 0. The first-order valence-electron chi connectivity index (χ1n) is 4.51. The average molecular weight is 276 g/mol. The fourth-order valence-electron chi connectivity index (χ4n) is 1.51. The van der Waals surface area contributed by atoms with E-state index in [1.807, 2.05) is 12.1 Å². The van der Waals surface area contributed by atoms with Crippen molar-refractivity contribution in [2.24, 2.45) is 0 Å². The zero-order chi connectivity index (χ0) is 10.1. The molecule has 14 heavy (non-hydrogen) atoms. The van der Waals surface area contributed by atoms with Crippen LogP contribution in [0.2, 0.25) is 0 Å². The van der Waals surface area contributed by atoms with Gasteiger partial charge in [0.1, 0.15) is 5.82 Å². The molecular formula is C10H11BrFNS. The molecule has 0 bridgehead atoms. The topological polar surface area (TPSA) is 12.0 Å². The van der Waals surface area contributed by atoms with Gasteiger partial charge in [0.15, 0.2) is 0 Å². The minimum atomic E-state index is -0.147. The van der Waals surface area contributed by atoms with Crippen molar-refractivity contribution in [1.29, 1.82) is 0 Å². The van der Waals surface area contributed by atoms with Crippen LogP contribution in [0, 0.1) is 5.82 Å². The van der Waals surface area contributed by atoms with Crippen molar-refractivity contribution in [3.63, 3.8) is 0 Å². The molecule has 2 atom stereocenters. The summed E-state index contributed by atoms with van der Waals surface area (Å²) in [5.41, 5.74) is 0.744. The normalized spacial score (nSPS) is 26.8. The maximum absolute atomic E-state index is 13.7. The largest absolute Gasteiger partial charge is 0.300 e. The van der Waals surface area contributed by atoms with Crippen LogP contribution in [-0.4, -0.2) is 11.8 Å². The Labute approximate surface area is 95.6 Å². The van der Waals surface area contributed by atoms with Crippen molar-refractivity contribution in [3.8, 4) is 0 Å². The Bertz CT molecular complexity index is 345. The van der Waals surface area contributed by atoms with Gasteiger partial charge in [0, 0.05) is 17.4 Å². The average Bonchev–Trinajstić information content (AvgIpc) is 2.57. The highest BCUT2D eigenvalue weighted by Crippen LogP contribution is 2.37. The van der Waals surface area contributed by atoms with Crippen LogP contribution in [0.5, 0.6) is 0 Å². The van der Waals surface area contributed by atoms with Gasteiger partial charge >= 0.3 is 0 Å². The molecule has 1 N–H and O–H groups in total. The summed E-state index contributed by atoms with van der Waals surface area (Å²) in [5.74, 6) is -0.147. The highest BCUT2D eigenvalue weighted by atomic mass is 79.9. The molecule has 0 aromatic heterocycles. The second-order valence-electron chi connectivity index (χ2n) is 3.38. The fraction of sp³-hybridized carbons (Fsp3) is 0.400. The molecule has 0 spiro atoms. The quantitative estimate of drug-likeness (QED) is 0.844. The molecule has 1 saturated heterocycles. The zero-order valence-electron chi connectivity index (χ0n) is 7.76. The van der Waals surface area contributed by atoms with E-state index < -0.39 is 0 Å². The maximum atomic E-state index is 13.7. The third-order valence-corrected chi connectivity index (χ3v) is 4.16. The maximum Gasteiger partial charge on any atom is 0.143 e. The van der Waals surface area contributed by atoms with Gasteiger partial charge < -0.3 is 5.32 Å². The molecule has 4 heteroatoms. The van der Waals surface area contributed by atoms with Gasteiger partial charge in [-0.15, -0.1) is 11.8 Å². The molecule has 1 heterocycles. The Hall–Kier alpha value is -0.0600. The molecular weight excluding hydrogens is 265 g/mol. The van der Waals surface area contributed by atoms with Crippen molar-refractivity contribution in [1.82, 2.24) is 5.32 Å². The Morgan fingerprint density at radius 1 is 1.57 bits per heavy atom. The van der Waals surface area contributed by atoms with E-state index in [-0.39, 0.29) is 11.2 Å². The lowest BCUT2D eigenvalue weighted by molar-refractivity contribution is 0.587. The van der Waals surface area contributed by atoms with Crippen molar-refractivity contribution in [2.45, 2.75) is 17.5 Å². The minimum absolute atomic E-state index is 0.0995. The van der Waals surface area contributed by atoms with Gasteiger partial charge in [-0.2, -0.15) is 0 Å². The standard InChI is InChI=1S/C10H11BrFNS/c1-6-5-13-10(14-6)7-3-2-4-8(11)9(7)12/h2-4,6,10,13H,5H2,1H3. The number of hydrogen-bond acceptors (Lipinski definition) is 2. The second kappa shape index (κ2) is 4.21. The van der Waals surface area contributed by atoms with Crippen molar-refractivity contribution < 1.29 is 4.39 Å². The number of benzene rings is 1. The summed E-state index contributed by atoms with van der Waals surface area (Å²) in [7, 11) is 0. The summed E-state index contributed by atoms with van der Waals surface area (Å²) in [6.45, 7) is 3.09. The summed E-state index contributed by atoms with van der Waals surface area (Å²) in [4.78, 5) is 0. The van der Waals surface area contributed by atoms with E-state index in [0.29, 0.717) is 9.72 Å². The van der Waals surface area contributed by atoms with Crippen LogP contribution in [0.15, 0.2) is 22.7 Å². The molecule has 2 unspecified atom stereocenters. The third kappa shape index (κ3) is 1.97. The first kappa shape index (κ1) is 10.5. The van der Waals surface area contributed by atoms with Crippen LogP contribution in [0.1, 0.15) is 17.9 Å². The first-order chi connectivity index (χ1) is 6.68. The van der Waals surface area contributed by atoms with Crippen molar-refractivity contribution >= 4 is 27.7 Å². The minimum Gasteiger partial charge on any atom is -0.300 e. The summed E-state index contributed by atoms with van der Waals surface area (Å²) in [5, 5.41) is 3.95. The van der Waals surface area contributed by atoms with Gasteiger partial charge in [0.05, 0.1) is 9.85 Å². The molecule has 1 aliphatic heterocycles. The predicted molar refractivity (Wildman–Crippen MR) is 61.9 cm³/mol. The van der Waals surface area contributed by atoms with E-state index in [2.05, 4.69) is 28.2 Å². The molecule has 2 rings (SSSR count). The Morgan fingerprint density at radius 3 is 3.00 bits per heavy atom. The first-order valence-corrected chi connectivity index (χ1v) is 6.25. The molecule has 1 aromatic carbocycles. The monoisotopic (exact) mass is 275 g/mol. The van der Waals surface area contributed by atoms with Crippen LogP contribution in [0.3, 0.4) is 0 Å². The Morgan fingerprint density at radius 2 is 2.36 bits per heavy atom. The van der Waals surface area contributed by atoms with Crippen LogP contribution in [0.4, 0.5) is 4.39 Å². The summed E-state index contributed by atoms with van der Waals surface area (Å²) < 4.78 is 14.2. The SMILES string of the molecule is CC1CNC(c2cccc(Br)c2F)S1. The van der Waals surface area contributed by atoms with E-state index >= 15 is 0 Å². The van der Waals surface area contributed by atoms with Gasteiger partial charge in [-0.3, -0.25) is 0 Å². The van der Waals surface area contributed by atoms with Gasteiger partial charge in [-0.1, -0.05) is 19.1 Å². The van der Waals surface area contributed by atoms with Gasteiger partial charge in [0.2, 0.25) is 0 Å². The summed E-state index contributed by atoms with van der Waals surface area (Å²) in [6, 6.07) is 5.43. The molecule has 76 valence electrons. The number of rotatable bonds is 1. The lowest BCUT2D eigenvalue weighted by atomic mass is 10.2. The lowest BCUT2D eigenvalue weighted by Crippen LogP contribution is -2.14. The molecule has 1 nitrogen and oxygen atoms in total. The van der Waals surface area contributed by atoms with E-state index in [1.54, 1.807) is 17.8 Å². The molecule has 1 fully saturated rings. The predicted octanol–water partition coefficient (Wildman–Crippen LogP) is 3.31. The Kier molecular flexibility index (Phi) is 3.14. The van der Waals surface area contributed by atoms with E-state index in [4.69, 9.17) is 0 Å². The molecule has 0 amide bonds. The van der Waals surface area contributed by atoms with E-state index in [0.717, 1.165) is 12.1 Å². The number of hydrogen-bond donors (Lipinski definition) is 1. The van der Waals surface area contributed by atoms with Crippen molar-refractivity contribution in [3.05, 3.63) is 34.1 Å². The second-order valence-corrected chi connectivity index (χ2v) is 5.78. The van der Waals surface area contributed by atoms with Gasteiger partial charge in [-0.25, -0.2) is 4.39 Å². The summed E-state index contributed by atoms with van der Waals surface area (Å²) >= 11 is 4.97. The van der Waals surface area contributed by atoms with E-state index in [1.165, 1.54) is 0 Å². The fourth-order valence-corrected chi connectivity index (χ4v) is 3.07. The van der Waals surface area contributed by atoms with Crippen LogP contribution < -0.4 is 5.32 Å². The van der Waals surface area contributed by atoms with Crippen LogP contribution in [0.25, 0.3) is 0 Å². The van der Waals surface area contributed by atoms with Gasteiger partial charge in [-0.05, 0) is 22.0 Å². The van der Waals surface area contributed by atoms with Crippen LogP contribution in [-0.2, 0) is 0 Å². The highest BCUT2D eigenvalue weighted by Gasteiger charge is 2.25.